The number of amides is 2. The summed E-state index contributed by atoms with van der Waals surface area (Å²) in [5.41, 5.74) is 0.696. The lowest BCUT2D eigenvalue weighted by Gasteiger charge is -2.46. The van der Waals surface area contributed by atoms with Gasteiger partial charge in [0.1, 0.15) is 12.3 Å². The Morgan fingerprint density at radius 1 is 1.12 bits per heavy atom. The van der Waals surface area contributed by atoms with Crippen LogP contribution in [0.1, 0.15) is 23.3 Å². The van der Waals surface area contributed by atoms with Gasteiger partial charge >= 0.3 is 0 Å². The molecular formula is C18H19N5O3. The van der Waals surface area contributed by atoms with E-state index in [1.165, 1.54) is 12.4 Å². The number of nitrogens with zero attached hydrogens (tertiary/aromatic N) is 5. The van der Waals surface area contributed by atoms with Gasteiger partial charge in [0.2, 0.25) is 0 Å². The van der Waals surface area contributed by atoms with Crippen LogP contribution < -0.4 is 4.90 Å². The number of hydrogen-bond donors (Lipinski definition) is 0. The van der Waals surface area contributed by atoms with E-state index in [1.807, 2.05) is 12.1 Å². The first kappa shape index (κ1) is 16.6. The molecule has 2 amide bonds. The molecule has 2 saturated heterocycles. The molecule has 8 nitrogen and oxygen atoms in total. The summed E-state index contributed by atoms with van der Waals surface area (Å²) in [6.45, 7) is 1.65. The van der Waals surface area contributed by atoms with E-state index in [-0.39, 0.29) is 18.4 Å². The van der Waals surface area contributed by atoms with Crippen molar-refractivity contribution < 1.29 is 14.3 Å². The molecule has 2 fully saturated rings. The third-order valence-electron chi connectivity index (χ3n) is 4.95. The van der Waals surface area contributed by atoms with Crippen LogP contribution in [0, 0.1) is 0 Å². The molecule has 0 N–H and O–H groups in total. The van der Waals surface area contributed by atoms with Crippen LogP contribution in [-0.4, -0.2) is 63.5 Å². The van der Waals surface area contributed by atoms with E-state index < -0.39 is 5.60 Å². The molecule has 2 aliphatic heterocycles. The van der Waals surface area contributed by atoms with Gasteiger partial charge in [0.15, 0.2) is 0 Å². The summed E-state index contributed by atoms with van der Waals surface area (Å²) in [6.07, 6.45) is 9.24. The van der Waals surface area contributed by atoms with Gasteiger partial charge < -0.3 is 14.5 Å². The van der Waals surface area contributed by atoms with Crippen LogP contribution in [0.5, 0.6) is 0 Å². The Bertz CT molecular complexity index is 791. The minimum absolute atomic E-state index is 0.0486. The smallest absolute Gasteiger partial charge is 0.274 e. The van der Waals surface area contributed by atoms with E-state index in [0.717, 1.165) is 5.69 Å². The van der Waals surface area contributed by atoms with E-state index in [2.05, 4.69) is 15.0 Å². The SMILES string of the molecule is O=C(c1cnccn1)N1CCC2(CC1)CN(c1cccnc1)C(=O)CO2. The number of carbonyl (C=O) groups is 2. The molecule has 4 rings (SSSR count). The van der Waals surface area contributed by atoms with Crippen molar-refractivity contribution in [3.63, 3.8) is 0 Å². The topological polar surface area (TPSA) is 88.5 Å². The van der Waals surface area contributed by atoms with Crippen molar-refractivity contribution in [2.45, 2.75) is 18.4 Å². The van der Waals surface area contributed by atoms with Crippen molar-refractivity contribution in [2.24, 2.45) is 0 Å². The number of likely N-dealkylation sites (tertiary alicyclic amines) is 1. The number of pyridine rings is 1. The van der Waals surface area contributed by atoms with E-state index in [0.29, 0.717) is 38.2 Å². The summed E-state index contributed by atoms with van der Waals surface area (Å²) in [5, 5.41) is 0. The molecule has 0 saturated carbocycles. The highest BCUT2D eigenvalue weighted by molar-refractivity contribution is 5.95. The van der Waals surface area contributed by atoms with Gasteiger partial charge in [-0.1, -0.05) is 0 Å². The normalized spacial score (nSPS) is 19.6. The van der Waals surface area contributed by atoms with Gasteiger partial charge in [-0.15, -0.1) is 0 Å². The molecule has 0 aliphatic carbocycles. The van der Waals surface area contributed by atoms with Crippen LogP contribution in [0.4, 0.5) is 5.69 Å². The zero-order valence-electron chi connectivity index (χ0n) is 14.2. The average Bonchev–Trinajstić information content (AvgIpc) is 2.71. The first-order valence-corrected chi connectivity index (χ1v) is 8.57. The van der Waals surface area contributed by atoms with Crippen LogP contribution in [0.25, 0.3) is 0 Å². The maximum absolute atomic E-state index is 12.5. The van der Waals surface area contributed by atoms with Crippen LogP contribution >= 0.6 is 0 Å². The zero-order valence-corrected chi connectivity index (χ0v) is 14.2. The second-order valence-electron chi connectivity index (χ2n) is 6.55. The molecule has 0 aromatic carbocycles. The summed E-state index contributed by atoms with van der Waals surface area (Å²) in [6, 6.07) is 3.68. The van der Waals surface area contributed by atoms with Crippen LogP contribution in [0.3, 0.4) is 0 Å². The van der Waals surface area contributed by atoms with Crippen molar-refractivity contribution >= 4 is 17.5 Å². The number of anilines is 1. The van der Waals surface area contributed by atoms with Crippen molar-refractivity contribution in [3.05, 3.63) is 48.8 Å². The predicted molar refractivity (Wildman–Crippen MR) is 92.4 cm³/mol. The lowest BCUT2D eigenvalue weighted by molar-refractivity contribution is -0.143. The molecule has 2 aromatic rings. The first-order valence-electron chi connectivity index (χ1n) is 8.57. The van der Waals surface area contributed by atoms with E-state index >= 15 is 0 Å². The van der Waals surface area contributed by atoms with Gasteiger partial charge in [0.05, 0.1) is 30.2 Å². The zero-order chi connectivity index (χ0) is 18.0. The Morgan fingerprint density at radius 3 is 2.62 bits per heavy atom. The molecule has 2 aromatic heterocycles. The van der Waals surface area contributed by atoms with Crippen molar-refractivity contribution in [1.29, 1.82) is 0 Å². The van der Waals surface area contributed by atoms with Gasteiger partial charge in [-0.25, -0.2) is 4.98 Å². The van der Waals surface area contributed by atoms with Gasteiger partial charge in [-0.3, -0.25) is 19.6 Å². The fourth-order valence-corrected chi connectivity index (χ4v) is 3.45. The summed E-state index contributed by atoms with van der Waals surface area (Å²) in [5.74, 6) is -0.189. The second kappa shape index (κ2) is 6.80. The molecule has 4 heterocycles. The monoisotopic (exact) mass is 353 g/mol. The van der Waals surface area contributed by atoms with Gasteiger partial charge in [0, 0.05) is 31.7 Å². The van der Waals surface area contributed by atoms with Gasteiger partial charge in [-0.05, 0) is 25.0 Å². The molecule has 134 valence electrons. The van der Waals surface area contributed by atoms with Crippen molar-refractivity contribution in [1.82, 2.24) is 19.9 Å². The van der Waals surface area contributed by atoms with Crippen LogP contribution in [0.15, 0.2) is 43.1 Å². The fraction of sp³-hybridized carbons (Fsp3) is 0.389. The largest absolute Gasteiger partial charge is 0.363 e. The maximum atomic E-state index is 12.5. The lowest BCUT2D eigenvalue weighted by atomic mass is 9.89. The Hall–Kier alpha value is -2.87. The molecule has 0 bridgehead atoms. The number of ether oxygens (including phenoxy) is 1. The van der Waals surface area contributed by atoms with Crippen molar-refractivity contribution in [2.75, 3.05) is 31.1 Å². The third kappa shape index (κ3) is 3.15. The minimum Gasteiger partial charge on any atom is -0.363 e. The summed E-state index contributed by atoms with van der Waals surface area (Å²) < 4.78 is 5.93. The highest BCUT2D eigenvalue weighted by Gasteiger charge is 2.43. The van der Waals surface area contributed by atoms with Crippen molar-refractivity contribution in [3.8, 4) is 0 Å². The standard InChI is InChI=1S/C18H19N5O3/c24-16-12-26-18(13-23(16)14-2-1-5-19-10-14)3-8-22(9-4-18)17(25)15-11-20-6-7-21-15/h1-2,5-7,10-11H,3-4,8-9,12-13H2. The maximum Gasteiger partial charge on any atom is 0.274 e. The molecule has 0 atom stereocenters. The third-order valence-corrected chi connectivity index (χ3v) is 4.95. The van der Waals surface area contributed by atoms with Crippen LogP contribution in [0.2, 0.25) is 0 Å². The minimum atomic E-state index is -0.428. The van der Waals surface area contributed by atoms with Crippen LogP contribution in [-0.2, 0) is 9.53 Å². The number of rotatable bonds is 2. The molecule has 8 heteroatoms. The molecule has 26 heavy (non-hydrogen) atoms. The quantitative estimate of drug-likeness (QED) is 0.797. The Balaban J connectivity index is 1.45. The Kier molecular flexibility index (Phi) is 4.34. The highest BCUT2D eigenvalue weighted by atomic mass is 16.5. The van der Waals surface area contributed by atoms with E-state index in [4.69, 9.17) is 4.74 Å². The molecule has 0 radical (unpaired) electrons. The van der Waals surface area contributed by atoms with E-state index in [9.17, 15) is 9.59 Å². The van der Waals surface area contributed by atoms with Gasteiger partial charge in [0.25, 0.3) is 11.8 Å². The first-order chi connectivity index (χ1) is 12.7. The molecule has 0 unspecified atom stereocenters. The second-order valence-corrected chi connectivity index (χ2v) is 6.55. The number of carbonyl (C=O) groups excluding carboxylic acids is 2. The summed E-state index contributed by atoms with van der Waals surface area (Å²) in [7, 11) is 0. The molecule has 1 spiro atoms. The highest BCUT2D eigenvalue weighted by Crippen LogP contribution is 2.32. The number of piperidine rings is 1. The number of aromatic nitrogens is 3. The Morgan fingerprint density at radius 2 is 1.92 bits per heavy atom. The molecule has 2 aliphatic rings. The average molecular weight is 353 g/mol. The molecular weight excluding hydrogens is 334 g/mol. The number of morpholine rings is 1. The number of hydrogen-bond acceptors (Lipinski definition) is 6. The van der Waals surface area contributed by atoms with Gasteiger partial charge in [-0.2, -0.15) is 0 Å². The summed E-state index contributed by atoms with van der Waals surface area (Å²) >= 11 is 0. The lowest BCUT2D eigenvalue weighted by Crippen LogP contribution is -2.59. The predicted octanol–water partition coefficient (Wildman–Crippen LogP) is 0.910. The summed E-state index contributed by atoms with van der Waals surface area (Å²) in [4.78, 5) is 40.4. The fourth-order valence-electron chi connectivity index (χ4n) is 3.45. The van der Waals surface area contributed by atoms with E-state index in [1.54, 1.807) is 28.4 Å². The Labute approximate surface area is 150 Å².